The van der Waals surface area contributed by atoms with Crippen LogP contribution in [0.5, 0.6) is 0 Å². The highest BCUT2D eigenvalue weighted by atomic mass is 16.3. The fourth-order valence-electron chi connectivity index (χ4n) is 2.80. The first-order valence-corrected chi connectivity index (χ1v) is 8.81. The maximum absolute atomic E-state index is 12.4. The summed E-state index contributed by atoms with van der Waals surface area (Å²) in [6, 6.07) is 17.8. The highest BCUT2D eigenvalue weighted by Crippen LogP contribution is 2.19. The van der Waals surface area contributed by atoms with Crippen LogP contribution >= 0.6 is 0 Å². The molecule has 1 amide bonds. The molecule has 0 radical (unpaired) electrons. The number of benzene rings is 2. The van der Waals surface area contributed by atoms with Crippen molar-refractivity contribution in [3.8, 4) is 0 Å². The van der Waals surface area contributed by atoms with Crippen molar-refractivity contribution in [2.24, 2.45) is 0 Å². The fraction of sp³-hybridized carbons (Fsp3) is 0.300. The van der Waals surface area contributed by atoms with Gasteiger partial charge in [-0.15, -0.1) is 0 Å². The van der Waals surface area contributed by atoms with E-state index in [2.05, 4.69) is 15.6 Å². The Bertz CT molecular complexity index is 859. The standard InChI is InChI=1S/C20H24N4O2/c1-15(25)13-22-20-23-17-9-5-6-10-18(17)24(20)14-19(26)21-12-11-16-7-3-2-4-8-16/h2-10,15,25H,11-14H2,1H3,(H,21,26)(H,22,23)/t15-/m1/s1. The largest absolute Gasteiger partial charge is 0.392 e. The first-order chi connectivity index (χ1) is 12.6. The highest BCUT2D eigenvalue weighted by Gasteiger charge is 2.13. The Hall–Kier alpha value is -2.86. The number of rotatable bonds is 8. The van der Waals surface area contributed by atoms with E-state index < -0.39 is 6.10 Å². The van der Waals surface area contributed by atoms with E-state index in [9.17, 15) is 9.90 Å². The molecule has 3 aromatic rings. The predicted octanol–water partition coefficient (Wildman–Crippen LogP) is 2.19. The maximum atomic E-state index is 12.4. The Kier molecular flexibility index (Phi) is 5.86. The molecule has 0 unspecified atom stereocenters. The Morgan fingerprint density at radius 1 is 1.15 bits per heavy atom. The molecule has 2 aromatic carbocycles. The van der Waals surface area contributed by atoms with Gasteiger partial charge in [0.15, 0.2) is 0 Å². The lowest BCUT2D eigenvalue weighted by molar-refractivity contribution is -0.121. The van der Waals surface area contributed by atoms with Gasteiger partial charge in [0.1, 0.15) is 6.54 Å². The molecule has 1 aromatic heterocycles. The molecule has 0 spiro atoms. The summed E-state index contributed by atoms with van der Waals surface area (Å²) in [5, 5.41) is 15.6. The highest BCUT2D eigenvalue weighted by molar-refractivity contribution is 5.83. The minimum Gasteiger partial charge on any atom is -0.392 e. The number of aliphatic hydroxyl groups excluding tert-OH is 1. The van der Waals surface area contributed by atoms with Gasteiger partial charge in [0.2, 0.25) is 11.9 Å². The molecule has 6 nitrogen and oxygen atoms in total. The number of fused-ring (bicyclic) bond motifs is 1. The number of aromatic nitrogens is 2. The zero-order valence-electron chi connectivity index (χ0n) is 14.9. The lowest BCUT2D eigenvalue weighted by Gasteiger charge is -2.12. The number of amides is 1. The molecule has 0 aliphatic rings. The van der Waals surface area contributed by atoms with Gasteiger partial charge in [-0.05, 0) is 31.0 Å². The summed E-state index contributed by atoms with van der Waals surface area (Å²) in [4.78, 5) is 16.9. The Labute approximate surface area is 152 Å². The molecule has 0 fully saturated rings. The first kappa shape index (κ1) is 17.9. The zero-order chi connectivity index (χ0) is 18.4. The smallest absolute Gasteiger partial charge is 0.240 e. The lowest BCUT2D eigenvalue weighted by atomic mass is 10.1. The predicted molar refractivity (Wildman–Crippen MR) is 103 cm³/mol. The van der Waals surface area contributed by atoms with E-state index in [1.165, 1.54) is 5.56 Å². The monoisotopic (exact) mass is 352 g/mol. The number of imidazole rings is 1. The molecule has 26 heavy (non-hydrogen) atoms. The summed E-state index contributed by atoms with van der Waals surface area (Å²) in [6.07, 6.45) is 0.299. The molecule has 136 valence electrons. The second-order valence-electron chi connectivity index (χ2n) is 6.33. The third-order valence-corrected chi connectivity index (χ3v) is 4.09. The molecule has 0 bridgehead atoms. The lowest BCUT2D eigenvalue weighted by Crippen LogP contribution is -2.30. The zero-order valence-corrected chi connectivity index (χ0v) is 14.9. The Morgan fingerprint density at radius 3 is 2.65 bits per heavy atom. The number of hydrogen-bond donors (Lipinski definition) is 3. The second-order valence-corrected chi connectivity index (χ2v) is 6.33. The molecule has 3 N–H and O–H groups in total. The van der Waals surface area contributed by atoms with Gasteiger partial charge in [0, 0.05) is 13.1 Å². The van der Waals surface area contributed by atoms with E-state index in [0.717, 1.165) is 17.5 Å². The molecule has 6 heteroatoms. The topological polar surface area (TPSA) is 79.2 Å². The number of hydrogen-bond acceptors (Lipinski definition) is 4. The Morgan fingerprint density at radius 2 is 1.88 bits per heavy atom. The van der Waals surface area contributed by atoms with Crippen molar-refractivity contribution < 1.29 is 9.90 Å². The normalized spacial score (nSPS) is 12.1. The second kappa shape index (κ2) is 8.49. The van der Waals surface area contributed by atoms with Gasteiger partial charge < -0.3 is 20.3 Å². The van der Waals surface area contributed by atoms with Gasteiger partial charge in [-0.2, -0.15) is 0 Å². The first-order valence-electron chi connectivity index (χ1n) is 8.81. The summed E-state index contributed by atoms with van der Waals surface area (Å²) in [7, 11) is 0. The van der Waals surface area contributed by atoms with Crippen molar-refractivity contribution >= 4 is 22.9 Å². The summed E-state index contributed by atoms with van der Waals surface area (Å²) in [5.74, 6) is 0.523. The molecule has 1 heterocycles. The van der Waals surface area contributed by atoms with Crippen LogP contribution in [0.25, 0.3) is 11.0 Å². The molecular formula is C20H24N4O2. The summed E-state index contributed by atoms with van der Waals surface area (Å²) in [5.41, 5.74) is 2.90. The molecule has 0 saturated carbocycles. The van der Waals surface area contributed by atoms with Crippen LogP contribution in [0.2, 0.25) is 0 Å². The van der Waals surface area contributed by atoms with Gasteiger partial charge in [-0.1, -0.05) is 42.5 Å². The molecular weight excluding hydrogens is 328 g/mol. The van der Waals surface area contributed by atoms with E-state index in [0.29, 0.717) is 19.0 Å². The Balaban J connectivity index is 1.66. The number of carbonyl (C=O) groups is 1. The van der Waals surface area contributed by atoms with Crippen molar-refractivity contribution in [1.82, 2.24) is 14.9 Å². The van der Waals surface area contributed by atoms with Crippen LogP contribution < -0.4 is 10.6 Å². The number of aliphatic hydroxyl groups is 1. The van der Waals surface area contributed by atoms with Gasteiger partial charge in [0.25, 0.3) is 0 Å². The average molecular weight is 352 g/mol. The fourth-order valence-corrected chi connectivity index (χ4v) is 2.80. The summed E-state index contributed by atoms with van der Waals surface area (Å²) in [6.45, 7) is 2.85. The van der Waals surface area contributed by atoms with Crippen molar-refractivity contribution in [3.63, 3.8) is 0 Å². The summed E-state index contributed by atoms with van der Waals surface area (Å²) >= 11 is 0. The minimum absolute atomic E-state index is 0.0656. The van der Waals surface area contributed by atoms with Crippen LogP contribution in [-0.2, 0) is 17.8 Å². The van der Waals surface area contributed by atoms with Crippen molar-refractivity contribution in [3.05, 3.63) is 60.2 Å². The third kappa shape index (κ3) is 4.61. The molecule has 3 rings (SSSR count). The van der Waals surface area contributed by atoms with Crippen molar-refractivity contribution in [2.75, 3.05) is 18.4 Å². The maximum Gasteiger partial charge on any atom is 0.240 e. The van der Waals surface area contributed by atoms with Crippen LogP contribution in [0.4, 0.5) is 5.95 Å². The van der Waals surface area contributed by atoms with Crippen LogP contribution in [0.3, 0.4) is 0 Å². The number of para-hydroxylation sites is 2. The minimum atomic E-state index is -0.497. The van der Waals surface area contributed by atoms with Gasteiger partial charge in [0.05, 0.1) is 17.1 Å². The third-order valence-electron chi connectivity index (χ3n) is 4.09. The van der Waals surface area contributed by atoms with Crippen LogP contribution in [0, 0.1) is 0 Å². The summed E-state index contributed by atoms with van der Waals surface area (Å²) < 4.78 is 1.84. The van der Waals surface area contributed by atoms with E-state index in [1.54, 1.807) is 6.92 Å². The van der Waals surface area contributed by atoms with E-state index >= 15 is 0 Å². The number of carbonyl (C=O) groups excluding carboxylic acids is 1. The van der Waals surface area contributed by atoms with E-state index in [4.69, 9.17) is 0 Å². The van der Waals surface area contributed by atoms with Crippen LogP contribution in [0.1, 0.15) is 12.5 Å². The average Bonchev–Trinajstić information content (AvgIpc) is 2.98. The molecule has 0 aliphatic carbocycles. The number of nitrogens with zero attached hydrogens (tertiary/aromatic N) is 2. The quantitative estimate of drug-likeness (QED) is 0.581. The molecule has 0 aliphatic heterocycles. The number of nitrogens with one attached hydrogen (secondary N) is 2. The van der Waals surface area contributed by atoms with Gasteiger partial charge in [-0.25, -0.2) is 4.98 Å². The molecule has 0 saturated heterocycles. The van der Waals surface area contributed by atoms with Gasteiger partial charge in [-0.3, -0.25) is 4.79 Å². The van der Waals surface area contributed by atoms with Gasteiger partial charge >= 0.3 is 0 Å². The van der Waals surface area contributed by atoms with Crippen molar-refractivity contribution in [2.45, 2.75) is 26.0 Å². The SMILES string of the molecule is C[C@@H](O)CNc1nc2ccccc2n1CC(=O)NCCc1ccccc1. The number of anilines is 1. The van der Waals surface area contributed by atoms with Crippen LogP contribution in [-0.4, -0.2) is 39.8 Å². The van der Waals surface area contributed by atoms with E-state index in [-0.39, 0.29) is 12.5 Å². The molecule has 1 atom stereocenters. The van der Waals surface area contributed by atoms with E-state index in [1.807, 2.05) is 59.2 Å². The van der Waals surface area contributed by atoms with Crippen LogP contribution in [0.15, 0.2) is 54.6 Å². The van der Waals surface area contributed by atoms with Crippen molar-refractivity contribution in [1.29, 1.82) is 0 Å².